The van der Waals surface area contributed by atoms with Crippen LogP contribution in [-0.4, -0.2) is 26.0 Å². The molecule has 3 aromatic carbocycles. The topological polar surface area (TPSA) is 89.8 Å². The summed E-state index contributed by atoms with van der Waals surface area (Å²) in [4.78, 5) is 17.8. The van der Waals surface area contributed by atoms with Crippen molar-refractivity contribution in [3.63, 3.8) is 0 Å². The van der Waals surface area contributed by atoms with Crippen molar-refractivity contribution < 1.29 is 17.9 Å². The molecule has 0 spiro atoms. The summed E-state index contributed by atoms with van der Waals surface area (Å²) in [5.74, 6) is 0.301. The van der Waals surface area contributed by atoms with Gasteiger partial charge in [0.15, 0.2) is 4.80 Å². The zero-order chi connectivity index (χ0) is 23.8. The molecular weight excluding hydrogens is 458 g/mol. The Balaban J connectivity index is 1.60. The monoisotopic (exact) mass is 481 g/mol. The molecule has 33 heavy (non-hydrogen) atoms. The van der Waals surface area contributed by atoms with Gasteiger partial charge in [-0.25, -0.2) is 8.42 Å². The average molecular weight is 482 g/mol. The van der Waals surface area contributed by atoms with Gasteiger partial charge in [-0.3, -0.25) is 9.52 Å². The van der Waals surface area contributed by atoms with Crippen LogP contribution in [0.1, 0.15) is 21.5 Å². The van der Waals surface area contributed by atoms with Crippen molar-refractivity contribution in [1.82, 2.24) is 4.57 Å². The lowest BCUT2D eigenvalue weighted by atomic mass is 10.2. The van der Waals surface area contributed by atoms with Crippen LogP contribution in [0.4, 0.5) is 5.69 Å². The van der Waals surface area contributed by atoms with Gasteiger partial charge in [0.25, 0.3) is 15.9 Å². The second-order valence-corrected chi connectivity index (χ2v) is 10.3. The molecule has 170 valence electrons. The highest BCUT2D eigenvalue weighted by Crippen LogP contribution is 2.29. The molecule has 1 N–H and O–H groups in total. The number of anilines is 1. The number of aromatic nitrogens is 1. The quantitative estimate of drug-likeness (QED) is 0.457. The zero-order valence-electron chi connectivity index (χ0n) is 18.6. The smallest absolute Gasteiger partial charge is 0.279 e. The lowest BCUT2D eigenvalue weighted by Crippen LogP contribution is -2.14. The van der Waals surface area contributed by atoms with Crippen LogP contribution in [0.5, 0.6) is 5.75 Å². The van der Waals surface area contributed by atoms with Gasteiger partial charge in [0.05, 0.1) is 16.7 Å². The summed E-state index contributed by atoms with van der Waals surface area (Å²) >= 11 is 1.42. The maximum atomic E-state index is 12.8. The second-order valence-electron chi connectivity index (χ2n) is 7.62. The molecule has 0 atom stereocenters. The number of carbonyl (C=O) groups excluding carboxylic acids is 1. The second kappa shape index (κ2) is 8.84. The molecular formula is C24H23N3O4S2. The molecule has 0 aliphatic heterocycles. The largest absolute Gasteiger partial charge is 0.495 e. The van der Waals surface area contributed by atoms with E-state index in [1.54, 1.807) is 55.6 Å². The van der Waals surface area contributed by atoms with E-state index in [9.17, 15) is 13.2 Å². The number of fused-ring (bicyclic) bond motifs is 1. The minimum atomic E-state index is -3.71. The molecule has 1 amide bonds. The highest BCUT2D eigenvalue weighted by Gasteiger charge is 2.15. The molecule has 0 saturated heterocycles. The number of hydrogen-bond donors (Lipinski definition) is 1. The van der Waals surface area contributed by atoms with Gasteiger partial charge in [-0.2, -0.15) is 4.99 Å². The van der Waals surface area contributed by atoms with Crippen LogP contribution in [0.25, 0.3) is 10.2 Å². The molecule has 0 saturated carbocycles. The summed E-state index contributed by atoms with van der Waals surface area (Å²) in [5.41, 5.74) is 3.65. The molecule has 1 heterocycles. The lowest BCUT2D eigenvalue weighted by molar-refractivity contribution is 0.0998. The molecule has 0 bridgehead atoms. The number of thiazole rings is 1. The minimum Gasteiger partial charge on any atom is -0.495 e. The van der Waals surface area contributed by atoms with Crippen molar-refractivity contribution in [2.24, 2.45) is 12.0 Å². The number of nitrogens with one attached hydrogen (secondary N) is 1. The third kappa shape index (κ3) is 4.55. The van der Waals surface area contributed by atoms with Gasteiger partial charge in [0.1, 0.15) is 11.3 Å². The van der Waals surface area contributed by atoms with Crippen molar-refractivity contribution in [3.8, 4) is 5.75 Å². The molecule has 0 fully saturated rings. The van der Waals surface area contributed by atoms with Gasteiger partial charge in [-0.05, 0) is 61.9 Å². The fraction of sp³-hybridized carbons (Fsp3) is 0.167. The highest BCUT2D eigenvalue weighted by atomic mass is 32.2. The van der Waals surface area contributed by atoms with E-state index in [1.807, 2.05) is 37.6 Å². The molecule has 9 heteroatoms. The number of sulfonamides is 1. The van der Waals surface area contributed by atoms with Crippen LogP contribution in [0, 0.1) is 13.8 Å². The molecule has 4 aromatic rings. The molecule has 0 unspecified atom stereocenters. The number of rotatable bonds is 5. The minimum absolute atomic E-state index is 0.172. The standard InChI is InChI=1S/C24H23N3O4S2/c1-15-5-12-19(13-6-15)33(29,30)26-18-10-8-17(9-11-18)23(28)25-24-27(3)21-20(31-4)14-7-16(2)22(21)32-24/h5-14,26H,1-4H3. The van der Waals surface area contributed by atoms with E-state index in [0.717, 1.165) is 21.3 Å². The van der Waals surface area contributed by atoms with E-state index in [0.29, 0.717) is 21.8 Å². The normalized spacial score (nSPS) is 12.2. The van der Waals surface area contributed by atoms with Crippen molar-refractivity contribution in [1.29, 1.82) is 0 Å². The number of nitrogens with zero attached hydrogens (tertiary/aromatic N) is 2. The summed E-state index contributed by atoms with van der Waals surface area (Å²) in [6.45, 7) is 3.89. The van der Waals surface area contributed by atoms with Crippen molar-refractivity contribution in [3.05, 3.63) is 82.2 Å². The first-order chi connectivity index (χ1) is 15.7. The molecule has 4 rings (SSSR count). The molecule has 0 aliphatic rings. The number of methoxy groups -OCH3 is 1. The van der Waals surface area contributed by atoms with Crippen molar-refractivity contribution >= 4 is 43.2 Å². The SMILES string of the molecule is COc1ccc(C)c2sc(=NC(=O)c3ccc(NS(=O)(=O)c4ccc(C)cc4)cc3)n(C)c12. The predicted molar refractivity (Wildman–Crippen MR) is 130 cm³/mol. The van der Waals surface area contributed by atoms with Crippen LogP contribution in [0.15, 0.2) is 70.6 Å². The fourth-order valence-electron chi connectivity index (χ4n) is 3.38. The van der Waals surface area contributed by atoms with E-state index < -0.39 is 15.9 Å². The Labute approximate surface area is 196 Å². The molecule has 7 nitrogen and oxygen atoms in total. The highest BCUT2D eigenvalue weighted by molar-refractivity contribution is 7.92. The Morgan fingerprint density at radius 3 is 2.30 bits per heavy atom. The Bertz CT molecular complexity index is 1520. The van der Waals surface area contributed by atoms with E-state index in [4.69, 9.17) is 4.74 Å². The van der Waals surface area contributed by atoms with Crippen LogP contribution in [0.3, 0.4) is 0 Å². The number of aryl methyl sites for hydroxylation is 3. The predicted octanol–water partition coefficient (Wildman–Crippen LogP) is 4.41. The molecule has 0 radical (unpaired) electrons. The van der Waals surface area contributed by atoms with Gasteiger partial charge >= 0.3 is 0 Å². The average Bonchev–Trinajstić information content (AvgIpc) is 3.12. The first-order valence-electron chi connectivity index (χ1n) is 10.1. The molecule has 0 aliphatic carbocycles. The van der Waals surface area contributed by atoms with E-state index in [1.165, 1.54) is 11.3 Å². The Morgan fingerprint density at radius 1 is 1.00 bits per heavy atom. The number of benzene rings is 3. The third-order valence-corrected chi connectivity index (χ3v) is 7.90. The summed E-state index contributed by atoms with van der Waals surface area (Å²) < 4.78 is 36.0. The number of ether oxygens (including phenoxy) is 1. The Morgan fingerprint density at radius 2 is 1.67 bits per heavy atom. The first-order valence-corrected chi connectivity index (χ1v) is 12.4. The van der Waals surface area contributed by atoms with Gasteiger partial charge in [-0.15, -0.1) is 0 Å². The number of carbonyl (C=O) groups is 1. The maximum Gasteiger partial charge on any atom is 0.279 e. The van der Waals surface area contributed by atoms with Gasteiger partial charge in [-0.1, -0.05) is 35.1 Å². The van der Waals surface area contributed by atoms with E-state index in [-0.39, 0.29) is 4.90 Å². The maximum absolute atomic E-state index is 12.8. The Kier molecular flexibility index (Phi) is 6.09. The summed E-state index contributed by atoms with van der Waals surface area (Å²) in [6.07, 6.45) is 0. The number of amides is 1. The van der Waals surface area contributed by atoms with Gasteiger partial charge in [0.2, 0.25) is 0 Å². The van der Waals surface area contributed by atoms with Crippen LogP contribution in [-0.2, 0) is 17.1 Å². The van der Waals surface area contributed by atoms with Crippen LogP contribution < -0.4 is 14.3 Å². The third-order valence-electron chi connectivity index (χ3n) is 5.24. The summed E-state index contributed by atoms with van der Waals surface area (Å²) in [7, 11) is -0.262. The lowest BCUT2D eigenvalue weighted by Gasteiger charge is -2.08. The summed E-state index contributed by atoms with van der Waals surface area (Å²) in [5, 5.41) is 0. The van der Waals surface area contributed by atoms with Crippen LogP contribution in [0.2, 0.25) is 0 Å². The summed E-state index contributed by atoms with van der Waals surface area (Å²) in [6, 6.07) is 16.7. The first kappa shape index (κ1) is 22.8. The van der Waals surface area contributed by atoms with Crippen molar-refractivity contribution in [2.45, 2.75) is 18.7 Å². The fourth-order valence-corrected chi connectivity index (χ4v) is 5.54. The van der Waals surface area contributed by atoms with Gasteiger partial charge < -0.3 is 9.30 Å². The van der Waals surface area contributed by atoms with E-state index >= 15 is 0 Å². The zero-order valence-corrected chi connectivity index (χ0v) is 20.3. The van der Waals surface area contributed by atoms with Gasteiger partial charge in [0, 0.05) is 18.3 Å². The Hall–Kier alpha value is -3.43. The number of hydrogen-bond acceptors (Lipinski definition) is 5. The van der Waals surface area contributed by atoms with Crippen LogP contribution >= 0.6 is 11.3 Å². The van der Waals surface area contributed by atoms with Crippen molar-refractivity contribution in [2.75, 3.05) is 11.8 Å². The molecule has 1 aromatic heterocycles. The van der Waals surface area contributed by atoms with E-state index in [2.05, 4.69) is 9.71 Å².